The van der Waals surface area contributed by atoms with E-state index >= 15 is 0 Å². The van der Waals surface area contributed by atoms with Gasteiger partial charge in [0.05, 0.1) is 0 Å². The molecule has 0 N–H and O–H groups in total. The smallest absolute Gasteiger partial charge is 0.166 e. The summed E-state index contributed by atoms with van der Waals surface area (Å²) in [5.74, 6) is 0.976. The molecular formula is C21H27NO2. The number of rotatable bonds is 9. The molecule has 24 heavy (non-hydrogen) atoms. The van der Waals surface area contributed by atoms with E-state index in [2.05, 4.69) is 18.7 Å². The normalized spacial score (nSPS) is 12.2. The number of hydrogen-bond donors (Lipinski definition) is 0. The zero-order chi connectivity index (χ0) is 17.4. The van der Waals surface area contributed by atoms with Crippen LogP contribution in [0.3, 0.4) is 0 Å². The van der Waals surface area contributed by atoms with E-state index in [1.165, 1.54) is 0 Å². The van der Waals surface area contributed by atoms with E-state index in [0.717, 1.165) is 36.5 Å². The fourth-order valence-electron chi connectivity index (χ4n) is 2.69. The van der Waals surface area contributed by atoms with Gasteiger partial charge in [-0.05, 0) is 42.9 Å². The Balaban J connectivity index is 1.92. The quantitative estimate of drug-likeness (QED) is 0.639. The zero-order valence-electron chi connectivity index (χ0n) is 14.9. The van der Waals surface area contributed by atoms with Crippen LogP contribution in [0.25, 0.3) is 0 Å². The highest BCUT2D eigenvalue weighted by Gasteiger charge is 2.17. The molecule has 3 heteroatoms. The van der Waals surface area contributed by atoms with Gasteiger partial charge in [-0.1, -0.05) is 51.1 Å². The van der Waals surface area contributed by atoms with Crippen molar-refractivity contribution in [3.05, 3.63) is 65.7 Å². The van der Waals surface area contributed by atoms with Crippen LogP contribution in [0.15, 0.2) is 54.6 Å². The Hall–Kier alpha value is -2.13. The Labute approximate surface area is 145 Å². The van der Waals surface area contributed by atoms with Gasteiger partial charge in [0.1, 0.15) is 12.4 Å². The number of nitrogens with zero attached hydrogens (tertiary/aromatic N) is 1. The van der Waals surface area contributed by atoms with Gasteiger partial charge in [0.25, 0.3) is 0 Å². The van der Waals surface area contributed by atoms with Crippen LogP contribution in [-0.2, 0) is 6.61 Å². The minimum atomic E-state index is 0.000914. The van der Waals surface area contributed by atoms with E-state index in [0.29, 0.717) is 6.61 Å². The highest BCUT2D eigenvalue weighted by atomic mass is 16.5. The summed E-state index contributed by atoms with van der Waals surface area (Å²) in [5.41, 5.74) is 1.88. The van der Waals surface area contributed by atoms with Crippen molar-refractivity contribution in [3.63, 3.8) is 0 Å². The summed E-state index contributed by atoms with van der Waals surface area (Å²) in [7, 11) is 0. The van der Waals surface area contributed by atoms with Gasteiger partial charge in [0, 0.05) is 18.0 Å². The molecule has 1 unspecified atom stereocenters. The van der Waals surface area contributed by atoms with Crippen molar-refractivity contribution in [1.82, 2.24) is 4.90 Å². The molecular weight excluding hydrogens is 298 g/mol. The van der Waals surface area contributed by atoms with E-state index in [4.69, 9.17) is 4.74 Å². The van der Waals surface area contributed by atoms with E-state index < -0.39 is 0 Å². The van der Waals surface area contributed by atoms with Crippen LogP contribution in [0.2, 0.25) is 0 Å². The molecule has 0 aliphatic carbocycles. The number of hydrogen-bond acceptors (Lipinski definition) is 3. The minimum absolute atomic E-state index is 0.000914. The van der Waals surface area contributed by atoms with Crippen LogP contribution < -0.4 is 4.74 Å². The fraction of sp³-hybridized carbons (Fsp3) is 0.381. The van der Waals surface area contributed by atoms with Crippen molar-refractivity contribution in [2.75, 3.05) is 19.6 Å². The van der Waals surface area contributed by atoms with E-state index in [-0.39, 0.29) is 11.7 Å². The highest BCUT2D eigenvalue weighted by Crippen LogP contribution is 2.17. The third kappa shape index (κ3) is 5.20. The van der Waals surface area contributed by atoms with Gasteiger partial charge in [0.2, 0.25) is 0 Å². The monoisotopic (exact) mass is 325 g/mol. The Kier molecular flexibility index (Phi) is 7.01. The molecule has 0 amide bonds. The minimum Gasteiger partial charge on any atom is -0.489 e. The van der Waals surface area contributed by atoms with Crippen LogP contribution in [0.4, 0.5) is 0 Å². The van der Waals surface area contributed by atoms with Crippen molar-refractivity contribution in [2.45, 2.75) is 27.4 Å². The predicted octanol–water partition coefficient (Wildman–Crippen LogP) is 4.43. The summed E-state index contributed by atoms with van der Waals surface area (Å²) in [4.78, 5) is 14.8. The zero-order valence-corrected chi connectivity index (χ0v) is 14.9. The molecule has 0 aliphatic heterocycles. The Bertz CT molecular complexity index is 618. The van der Waals surface area contributed by atoms with E-state index in [9.17, 15) is 4.79 Å². The molecule has 0 fully saturated rings. The third-order valence-corrected chi connectivity index (χ3v) is 4.26. The third-order valence-electron chi connectivity index (χ3n) is 4.26. The number of ether oxygens (including phenoxy) is 1. The Morgan fingerprint density at radius 2 is 1.62 bits per heavy atom. The molecule has 0 bridgehead atoms. The second kappa shape index (κ2) is 9.24. The van der Waals surface area contributed by atoms with Gasteiger partial charge in [-0.3, -0.25) is 4.79 Å². The standard InChI is InChI=1S/C21H27NO2/c1-4-22(5-2)15-17(3)21(23)19-11-13-20(14-12-19)24-16-18-9-7-6-8-10-18/h6-14,17H,4-5,15-16H2,1-3H3. The van der Waals surface area contributed by atoms with Gasteiger partial charge in [-0.15, -0.1) is 0 Å². The van der Waals surface area contributed by atoms with Crippen LogP contribution in [0.1, 0.15) is 36.7 Å². The van der Waals surface area contributed by atoms with Crippen molar-refractivity contribution >= 4 is 5.78 Å². The first-order chi connectivity index (χ1) is 11.6. The molecule has 0 spiro atoms. The fourth-order valence-corrected chi connectivity index (χ4v) is 2.69. The molecule has 0 saturated heterocycles. The maximum Gasteiger partial charge on any atom is 0.166 e. The molecule has 3 nitrogen and oxygen atoms in total. The van der Waals surface area contributed by atoms with Gasteiger partial charge in [-0.25, -0.2) is 0 Å². The Morgan fingerprint density at radius 1 is 1.00 bits per heavy atom. The lowest BCUT2D eigenvalue weighted by Gasteiger charge is -2.21. The molecule has 2 aromatic rings. The molecule has 2 rings (SSSR count). The molecule has 0 aromatic heterocycles. The number of ketones is 1. The number of benzene rings is 2. The highest BCUT2D eigenvalue weighted by molar-refractivity contribution is 5.97. The average molecular weight is 325 g/mol. The molecule has 0 radical (unpaired) electrons. The number of carbonyl (C=O) groups excluding carboxylic acids is 1. The number of Topliss-reactive ketones (excluding diaryl/α,β-unsaturated/α-hetero) is 1. The maximum absolute atomic E-state index is 12.5. The SMILES string of the molecule is CCN(CC)CC(C)C(=O)c1ccc(OCc2ccccc2)cc1. The molecule has 1 atom stereocenters. The molecule has 2 aromatic carbocycles. The van der Waals surface area contributed by atoms with Crippen LogP contribution in [-0.4, -0.2) is 30.3 Å². The van der Waals surface area contributed by atoms with Gasteiger partial charge in [0.15, 0.2) is 5.78 Å². The molecule has 0 saturated carbocycles. The lowest BCUT2D eigenvalue weighted by molar-refractivity contribution is 0.0898. The number of carbonyl (C=O) groups is 1. The molecule has 128 valence electrons. The first-order valence-electron chi connectivity index (χ1n) is 8.67. The second-order valence-electron chi connectivity index (χ2n) is 6.05. The van der Waals surface area contributed by atoms with Gasteiger partial charge in [-0.2, -0.15) is 0 Å². The summed E-state index contributed by atoms with van der Waals surface area (Å²) in [5, 5.41) is 0. The second-order valence-corrected chi connectivity index (χ2v) is 6.05. The first kappa shape index (κ1) is 18.2. The molecule has 0 aliphatic rings. The topological polar surface area (TPSA) is 29.5 Å². The largest absolute Gasteiger partial charge is 0.489 e. The van der Waals surface area contributed by atoms with Gasteiger partial charge < -0.3 is 9.64 Å². The lowest BCUT2D eigenvalue weighted by Crippen LogP contribution is -2.31. The van der Waals surface area contributed by atoms with Crippen molar-refractivity contribution in [1.29, 1.82) is 0 Å². The van der Waals surface area contributed by atoms with Crippen LogP contribution in [0.5, 0.6) is 5.75 Å². The first-order valence-corrected chi connectivity index (χ1v) is 8.67. The summed E-state index contributed by atoms with van der Waals surface area (Å²) < 4.78 is 5.77. The summed E-state index contributed by atoms with van der Waals surface area (Å²) in [6.45, 7) is 9.53. The van der Waals surface area contributed by atoms with Crippen LogP contribution >= 0.6 is 0 Å². The summed E-state index contributed by atoms with van der Waals surface area (Å²) in [6.07, 6.45) is 0. The van der Waals surface area contributed by atoms with Crippen molar-refractivity contribution in [3.8, 4) is 5.75 Å². The van der Waals surface area contributed by atoms with Crippen LogP contribution in [0, 0.1) is 5.92 Å². The van der Waals surface area contributed by atoms with Crippen molar-refractivity contribution < 1.29 is 9.53 Å². The van der Waals surface area contributed by atoms with E-state index in [1.54, 1.807) is 0 Å². The summed E-state index contributed by atoms with van der Waals surface area (Å²) in [6, 6.07) is 17.5. The predicted molar refractivity (Wildman–Crippen MR) is 98.5 cm³/mol. The van der Waals surface area contributed by atoms with Gasteiger partial charge >= 0.3 is 0 Å². The molecule has 0 heterocycles. The van der Waals surface area contributed by atoms with E-state index in [1.807, 2.05) is 61.5 Å². The summed E-state index contributed by atoms with van der Waals surface area (Å²) >= 11 is 0. The lowest BCUT2D eigenvalue weighted by atomic mass is 9.98. The average Bonchev–Trinajstić information content (AvgIpc) is 2.65. The van der Waals surface area contributed by atoms with Crippen molar-refractivity contribution in [2.24, 2.45) is 5.92 Å². The Morgan fingerprint density at radius 3 is 2.21 bits per heavy atom. The maximum atomic E-state index is 12.5.